The Morgan fingerprint density at radius 3 is 2.62 bits per heavy atom. The average Bonchev–Trinajstić information content (AvgIpc) is 2.47. The number of carbonyl (C=O) groups is 1. The fourth-order valence-corrected chi connectivity index (χ4v) is 1.13. The minimum absolute atomic E-state index is 0.353. The highest BCUT2D eigenvalue weighted by Gasteiger charge is 2.09. The van der Waals surface area contributed by atoms with Gasteiger partial charge < -0.3 is 4.57 Å². The first-order valence-electron chi connectivity index (χ1n) is 4.62. The Hall–Kier alpha value is -1.05. The lowest BCUT2D eigenvalue weighted by Gasteiger charge is -2.17. The van der Waals surface area contributed by atoms with Crippen LogP contribution in [0.15, 0.2) is 18.5 Å². The first-order valence-corrected chi connectivity index (χ1v) is 4.62. The molecule has 0 saturated carbocycles. The molecule has 0 aromatic carbocycles. The summed E-state index contributed by atoms with van der Waals surface area (Å²) in [6.07, 6.45) is 5.85. The van der Waals surface area contributed by atoms with E-state index in [2.05, 4.69) is 25.3 Å². The molecule has 1 heterocycles. The molecule has 1 aromatic heterocycles. The average molecular weight is 179 g/mol. The van der Waals surface area contributed by atoms with Gasteiger partial charge in [0.25, 0.3) is 0 Å². The quantitative estimate of drug-likeness (QED) is 0.654. The largest absolute Gasteiger partial charge is 0.353 e. The number of carbonyl (C=O) groups excluding carboxylic acids is 1. The monoisotopic (exact) mass is 179 g/mol. The molecule has 0 bridgehead atoms. The van der Waals surface area contributed by atoms with Gasteiger partial charge in [0.05, 0.1) is 0 Å². The molecule has 0 radical (unpaired) electrons. The maximum Gasteiger partial charge on any atom is 0.151 e. The molecule has 0 unspecified atom stereocenters. The van der Waals surface area contributed by atoms with Crippen LogP contribution < -0.4 is 0 Å². The van der Waals surface area contributed by atoms with Crippen molar-refractivity contribution in [2.45, 2.75) is 33.7 Å². The van der Waals surface area contributed by atoms with Gasteiger partial charge in [-0.3, -0.25) is 4.79 Å². The van der Waals surface area contributed by atoms with E-state index in [0.717, 1.165) is 24.8 Å². The molecule has 0 fully saturated rings. The second-order valence-electron chi connectivity index (χ2n) is 4.61. The van der Waals surface area contributed by atoms with E-state index in [-0.39, 0.29) is 0 Å². The number of aryl methyl sites for hydroxylation is 1. The summed E-state index contributed by atoms with van der Waals surface area (Å²) in [5.41, 5.74) is 1.11. The van der Waals surface area contributed by atoms with Crippen LogP contribution in [-0.4, -0.2) is 10.9 Å². The molecule has 0 aliphatic rings. The second-order valence-corrected chi connectivity index (χ2v) is 4.61. The number of hydrogen-bond donors (Lipinski definition) is 0. The molecule has 0 aliphatic heterocycles. The van der Waals surface area contributed by atoms with Gasteiger partial charge in [-0.25, -0.2) is 0 Å². The highest BCUT2D eigenvalue weighted by atomic mass is 16.1. The topological polar surface area (TPSA) is 22.0 Å². The predicted octanol–water partition coefficient (Wildman–Crippen LogP) is 2.74. The number of hydrogen-bond acceptors (Lipinski definition) is 1. The smallest absolute Gasteiger partial charge is 0.151 e. The van der Waals surface area contributed by atoms with Crippen LogP contribution in [0.4, 0.5) is 0 Å². The van der Waals surface area contributed by atoms with E-state index < -0.39 is 0 Å². The molecule has 0 saturated heterocycles. The summed E-state index contributed by atoms with van der Waals surface area (Å²) in [4.78, 5) is 10.4. The van der Waals surface area contributed by atoms with E-state index >= 15 is 0 Å². The van der Waals surface area contributed by atoms with Gasteiger partial charge in [-0.15, -0.1) is 0 Å². The van der Waals surface area contributed by atoms with E-state index in [1.165, 1.54) is 0 Å². The standard InChI is InChI=1S/C11H17NO/c1-11(2,3)5-7-12-6-4-10(8-12)9-13/h4,6,8-9H,5,7H2,1-3H3. The van der Waals surface area contributed by atoms with Crippen molar-refractivity contribution >= 4 is 6.29 Å². The third-order valence-corrected chi connectivity index (χ3v) is 2.03. The Morgan fingerprint density at radius 2 is 2.15 bits per heavy atom. The number of aldehydes is 1. The minimum atomic E-state index is 0.353. The highest BCUT2D eigenvalue weighted by Crippen LogP contribution is 2.19. The molecular weight excluding hydrogens is 162 g/mol. The van der Waals surface area contributed by atoms with Crippen LogP contribution in [0.1, 0.15) is 37.6 Å². The van der Waals surface area contributed by atoms with Crippen LogP contribution in [0.25, 0.3) is 0 Å². The molecule has 2 heteroatoms. The van der Waals surface area contributed by atoms with Crippen LogP contribution in [0.5, 0.6) is 0 Å². The minimum Gasteiger partial charge on any atom is -0.353 e. The Labute approximate surface area is 79.6 Å². The molecular formula is C11H17NO. The zero-order valence-corrected chi connectivity index (χ0v) is 8.58. The first-order chi connectivity index (χ1) is 6.01. The molecule has 72 valence electrons. The van der Waals surface area contributed by atoms with Gasteiger partial charge in [0.2, 0.25) is 0 Å². The van der Waals surface area contributed by atoms with Crippen LogP contribution in [0.3, 0.4) is 0 Å². The van der Waals surface area contributed by atoms with E-state index in [1.54, 1.807) is 0 Å². The maximum absolute atomic E-state index is 10.4. The molecule has 1 aromatic rings. The molecule has 2 nitrogen and oxygen atoms in total. The van der Waals surface area contributed by atoms with Gasteiger partial charge in [-0.2, -0.15) is 0 Å². The third-order valence-electron chi connectivity index (χ3n) is 2.03. The summed E-state index contributed by atoms with van der Waals surface area (Å²) in [6, 6.07) is 1.84. The fraction of sp³-hybridized carbons (Fsp3) is 0.545. The van der Waals surface area contributed by atoms with Gasteiger partial charge in [-0.05, 0) is 17.9 Å². The Bertz CT molecular complexity index is 281. The summed E-state index contributed by atoms with van der Waals surface area (Å²) in [5, 5.41) is 0. The molecule has 0 spiro atoms. The molecule has 0 aliphatic carbocycles. The van der Waals surface area contributed by atoms with Gasteiger partial charge in [0, 0.05) is 24.5 Å². The molecule has 1 rings (SSSR count). The summed E-state index contributed by atoms with van der Waals surface area (Å²) in [7, 11) is 0. The predicted molar refractivity (Wildman–Crippen MR) is 53.9 cm³/mol. The molecule has 0 amide bonds. The van der Waals surface area contributed by atoms with Gasteiger partial charge in [-0.1, -0.05) is 20.8 Å². The number of rotatable bonds is 3. The molecule has 0 atom stereocenters. The Kier molecular flexibility index (Phi) is 2.91. The van der Waals surface area contributed by atoms with Crippen molar-refractivity contribution in [3.63, 3.8) is 0 Å². The van der Waals surface area contributed by atoms with Crippen LogP contribution in [-0.2, 0) is 6.54 Å². The zero-order valence-electron chi connectivity index (χ0n) is 8.58. The SMILES string of the molecule is CC(C)(C)CCn1ccc(C=O)c1. The van der Waals surface area contributed by atoms with Crippen molar-refractivity contribution in [1.29, 1.82) is 0 Å². The molecule has 0 N–H and O–H groups in total. The normalized spacial score (nSPS) is 11.6. The van der Waals surface area contributed by atoms with E-state index in [0.29, 0.717) is 5.41 Å². The lowest BCUT2D eigenvalue weighted by Crippen LogP contribution is -2.09. The van der Waals surface area contributed by atoms with Crippen molar-refractivity contribution in [2.24, 2.45) is 5.41 Å². The summed E-state index contributed by atoms with van der Waals surface area (Å²) in [5.74, 6) is 0. The lowest BCUT2D eigenvalue weighted by molar-refractivity contribution is 0.112. The third kappa shape index (κ3) is 3.45. The van der Waals surface area contributed by atoms with Gasteiger partial charge in [0.15, 0.2) is 6.29 Å². The second kappa shape index (κ2) is 3.77. The number of nitrogens with zero attached hydrogens (tertiary/aromatic N) is 1. The highest BCUT2D eigenvalue weighted by molar-refractivity contribution is 5.74. The maximum atomic E-state index is 10.4. The van der Waals surface area contributed by atoms with Crippen molar-refractivity contribution in [2.75, 3.05) is 0 Å². The first kappa shape index (κ1) is 10.0. The Balaban J connectivity index is 2.50. The molecule has 13 heavy (non-hydrogen) atoms. The van der Waals surface area contributed by atoms with E-state index in [9.17, 15) is 4.79 Å². The summed E-state index contributed by atoms with van der Waals surface area (Å²) < 4.78 is 2.06. The Morgan fingerprint density at radius 1 is 1.46 bits per heavy atom. The fourth-order valence-electron chi connectivity index (χ4n) is 1.13. The summed E-state index contributed by atoms with van der Waals surface area (Å²) in [6.45, 7) is 7.64. The van der Waals surface area contributed by atoms with Crippen molar-refractivity contribution < 1.29 is 4.79 Å². The van der Waals surface area contributed by atoms with Crippen LogP contribution >= 0.6 is 0 Å². The van der Waals surface area contributed by atoms with Gasteiger partial charge in [0.1, 0.15) is 0 Å². The van der Waals surface area contributed by atoms with Crippen LogP contribution in [0.2, 0.25) is 0 Å². The summed E-state index contributed by atoms with van der Waals surface area (Å²) >= 11 is 0. The van der Waals surface area contributed by atoms with Gasteiger partial charge >= 0.3 is 0 Å². The van der Waals surface area contributed by atoms with E-state index in [4.69, 9.17) is 0 Å². The lowest BCUT2D eigenvalue weighted by atomic mass is 9.92. The van der Waals surface area contributed by atoms with Crippen LogP contribution in [0, 0.1) is 5.41 Å². The van der Waals surface area contributed by atoms with Crippen molar-refractivity contribution in [3.05, 3.63) is 24.0 Å². The number of aromatic nitrogens is 1. The van der Waals surface area contributed by atoms with Crippen molar-refractivity contribution in [3.8, 4) is 0 Å². The van der Waals surface area contributed by atoms with E-state index in [1.807, 2.05) is 18.5 Å². The van der Waals surface area contributed by atoms with Crippen molar-refractivity contribution in [1.82, 2.24) is 4.57 Å². The zero-order chi connectivity index (χ0) is 9.90.